The van der Waals surface area contributed by atoms with Crippen molar-refractivity contribution < 1.29 is 8.42 Å². The molecule has 0 bridgehead atoms. The third-order valence-electron chi connectivity index (χ3n) is 3.96. The highest BCUT2D eigenvalue weighted by molar-refractivity contribution is 9.10. The highest BCUT2D eigenvalue weighted by Gasteiger charge is 2.30. The molecule has 1 aliphatic rings. The summed E-state index contributed by atoms with van der Waals surface area (Å²) in [5.41, 5.74) is 1.05. The lowest BCUT2D eigenvalue weighted by atomic mass is 9.98. The van der Waals surface area contributed by atoms with Gasteiger partial charge >= 0.3 is 0 Å². The molecule has 1 fully saturated rings. The summed E-state index contributed by atoms with van der Waals surface area (Å²) in [6.45, 7) is 7.22. The minimum atomic E-state index is -3.39. The molecule has 4 nitrogen and oxygen atoms in total. The number of halogens is 1. The molecule has 0 amide bonds. The molecule has 0 radical (unpaired) electrons. The Bertz CT molecular complexity index is 581. The van der Waals surface area contributed by atoms with Gasteiger partial charge in [-0.3, -0.25) is 0 Å². The highest BCUT2D eigenvalue weighted by atomic mass is 79.9. The molecule has 0 saturated carbocycles. The summed E-state index contributed by atoms with van der Waals surface area (Å²) in [5, 5.41) is 3.34. The van der Waals surface area contributed by atoms with Gasteiger partial charge in [-0.05, 0) is 72.4 Å². The second kappa shape index (κ2) is 7.22. The molecule has 0 aliphatic carbocycles. The van der Waals surface area contributed by atoms with Crippen LogP contribution in [0.3, 0.4) is 0 Å². The third kappa shape index (κ3) is 4.06. The van der Waals surface area contributed by atoms with Gasteiger partial charge < -0.3 is 5.32 Å². The van der Waals surface area contributed by atoms with Crippen LogP contribution in [0.5, 0.6) is 0 Å². The van der Waals surface area contributed by atoms with E-state index in [2.05, 4.69) is 28.2 Å². The lowest BCUT2D eigenvalue weighted by Crippen LogP contribution is -2.40. The molecule has 118 valence electrons. The largest absolute Gasteiger partial charge is 0.317 e. The first kappa shape index (κ1) is 16.9. The Balaban J connectivity index is 2.08. The molecule has 2 rings (SSSR count). The topological polar surface area (TPSA) is 49.4 Å². The van der Waals surface area contributed by atoms with E-state index < -0.39 is 10.0 Å². The molecule has 6 heteroatoms. The molecule has 0 aromatic heterocycles. The zero-order chi connectivity index (χ0) is 15.5. The summed E-state index contributed by atoms with van der Waals surface area (Å²) < 4.78 is 27.7. The number of rotatable bonds is 5. The molecule has 0 unspecified atom stereocenters. The molecule has 1 heterocycles. The van der Waals surface area contributed by atoms with E-state index in [1.54, 1.807) is 10.4 Å². The summed E-state index contributed by atoms with van der Waals surface area (Å²) in [6, 6.07) is 5.39. The van der Waals surface area contributed by atoms with Gasteiger partial charge in [-0.2, -0.15) is 4.31 Å². The Kier molecular flexibility index (Phi) is 5.82. The van der Waals surface area contributed by atoms with E-state index in [4.69, 9.17) is 0 Å². The minimum Gasteiger partial charge on any atom is -0.317 e. The Morgan fingerprint density at radius 3 is 2.57 bits per heavy atom. The van der Waals surface area contributed by atoms with Crippen molar-refractivity contribution in [2.24, 2.45) is 5.92 Å². The van der Waals surface area contributed by atoms with Gasteiger partial charge in [0.05, 0.1) is 4.90 Å². The van der Waals surface area contributed by atoms with Crippen LogP contribution in [0, 0.1) is 12.8 Å². The maximum absolute atomic E-state index is 12.7. The second-order valence-electron chi connectivity index (χ2n) is 5.59. The van der Waals surface area contributed by atoms with Gasteiger partial charge in [0.25, 0.3) is 0 Å². The first-order chi connectivity index (χ1) is 9.95. The van der Waals surface area contributed by atoms with Crippen molar-refractivity contribution in [3.63, 3.8) is 0 Å². The number of hydrogen-bond acceptors (Lipinski definition) is 3. The van der Waals surface area contributed by atoms with E-state index in [0.717, 1.165) is 31.5 Å². The maximum atomic E-state index is 12.7. The first-order valence-electron chi connectivity index (χ1n) is 7.42. The molecule has 1 aliphatic heterocycles. The normalized spacial score (nSPS) is 18.0. The van der Waals surface area contributed by atoms with E-state index >= 15 is 0 Å². The molecule has 1 aromatic carbocycles. The number of sulfonamides is 1. The van der Waals surface area contributed by atoms with Crippen molar-refractivity contribution in [2.45, 2.75) is 31.6 Å². The molecule has 1 aromatic rings. The summed E-state index contributed by atoms with van der Waals surface area (Å²) in [6.07, 6.45) is 1.85. The molecule has 0 atom stereocenters. The number of aryl methyl sites for hydroxylation is 1. The maximum Gasteiger partial charge on any atom is 0.244 e. The Hall–Kier alpha value is -0.430. The number of hydrogen-bond donors (Lipinski definition) is 1. The number of nitrogens with zero attached hydrogens (tertiary/aromatic N) is 1. The Labute approximate surface area is 136 Å². The third-order valence-corrected chi connectivity index (χ3v) is 6.84. The van der Waals surface area contributed by atoms with Crippen LogP contribution >= 0.6 is 15.9 Å². The molecule has 1 N–H and O–H groups in total. The molecule has 21 heavy (non-hydrogen) atoms. The van der Waals surface area contributed by atoms with Crippen LogP contribution < -0.4 is 5.32 Å². The quantitative estimate of drug-likeness (QED) is 0.861. The van der Waals surface area contributed by atoms with Crippen molar-refractivity contribution in [1.82, 2.24) is 9.62 Å². The first-order valence-corrected chi connectivity index (χ1v) is 9.65. The van der Waals surface area contributed by atoms with Gasteiger partial charge in [-0.15, -0.1) is 0 Å². The van der Waals surface area contributed by atoms with Crippen LogP contribution in [0.1, 0.15) is 25.3 Å². The lowest BCUT2D eigenvalue weighted by molar-refractivity contribution is 0.268. The zero-order valence-electron chi connectivity index (χ0n) is 12.6. The standard InChI is InChI=1S/C15H23BrN2O2S/c1-3-17-11-13-6-8-18(9-7-13)21(19,20)15-5-4-12(2)10-14(15)16/h4-5,10,13,17H,3,6-9,11H2,1-2H3. The fourth-order valence-corrected chi connectivity index (χ4v) is 5.28. The SMILES string of the molecule is CCNCC1CCN(S(=O)(=O)c2ccc(C)cc2Br)CC1. The van der Waals surface area contributed by atoms with Crippen LogP contribution in [-0.4, -0.2) is 38.9 Å². The van der Waals surface area contributed by atoms with Gasteiger partial charge in [0.2, 0.25) is 10.0 Å². The molecular weight excluding hydrogens is 352 g/mol. The van der Waals surface area contributed by atoms with Gasteiger partial charge in [0.15, 0.2) is 0 Å². The van der Waals surface area contributed by atoms with Crippen molar-refractivity contribution in [3.8, 4) is 0 Å². The number of nitrogens with one attached hydrogen (secondary N) is 1. The van der Waals surface area contributed by atoms with Gasteiger partial charge in [-0.1, -0.05) is 13.0 Å². The fraction of sp³-hybridized carbons (Fsp3) is 0.600. The molecule has 1 saturated heterocycles. The number of benzene rings is 1. The lowest BCUT2D eigenvalue weighted by Gasteiger charge is -2.31. The molecular formula is C15H23BrN2O2S. The summed E-state index contributed by atoms with van der Waals surface area (Å²) in [7, 11) is -3.39. The van der Waals surface area contributed by atoms with E-state index in [1.807, 2.05) is 19.1 Å². The Morgan fingerprint density at radius 1 is 1.33 bits per heavy atom. The van der Waals surface area contributed by atoms with Gasteiger partial charge in [-0.25, -0.2) is 8.42 Å². The van der Waals surface area contributed by atoms with Gasteiger partial charge in [0, 0.05) is 17.6 Å². The smallest absolute Gasteiger partial charge is 0.244 e. The predicted molar refractivity (Wildman–Crippen MR) is 88.9 cm³/mol. The van der Waals surface area contributed by atoms with Crippen molar-refractivity contribution in [3.05, 3.63) is 28.2 Å². The van der Waals surface area contributed by atoms with Crippen molar-refractivity contribution in [1.29, 1.82) is 0 Å². The van der Waals surface area contributed by atoms with E-state index in [9.17, 15) is 8.42 Å². The average Bonchev–Trinajstić information content (AvgIpc) is 2.45. The van der Waals surface area contributed by atoms with Crippen LogP contribution in [0.4, 0.5) is 0 Å². The van der Waals surface area contributed by atoms with Gasteiger partial charge in [0.1, 0.15) is 0 Å². The molecule has 0 spiro atoms. The van der Waals surface area contributed by atoms with Crippen LogP contribution in [0.25, 0.3) is 0 Å². The van der Waals surface area contributed by atoms with Crippen LogP contribution in [0.15, 0.2) is 27.6 Å². The Morgan fingerprint density at radius 2 is 2.00 bits per heavy atom. The predicted octanol–water partition coefficient (Wildman–Crippen LogP) is 2.77. The van der Waals surface area contributed by atoms with Crippen LogP contribution in [0.2, 0.25) is 0 Å². The summed E-state index contributed by atoms with van der Waals surface area (Å²) >= 11 is 3.38. The monoisotopic (exact) mass is 374 g/mol. The second-order valence-corrected chi connectivity index (χ2v) is 8.35. The average molecular weight is 375 g/mol. The van der Waals surface area contributed by atoms with E-state index in [1.165, 1.54) is 0 Å². The zero-order valence-corrected chi connectivity index (χ0v) is 15.0. The fourth-order valence-electron chi connectivity index (χ4n) is 2.66. The summed E-state index contributed by atoms with van der Waals surface area (Å²) in [4.78, 5) is 0.373. The van der Waals surface area contributed by atoms with E-state index in [-0.39, 0.29) is 0 Å². The minimum absolute atomic E-state index is 0.373. The van der Waals surface area contributed by atoms with Crippen molar-refractivity contribution >= 4 is 26.0 Å². The summed E-state index contributed by atoms with van der Waals surface area (Å²) in [5.74, 6) is 0.581. The van der Waals surface area contributed by atoms with Crippen molar-refractivity contribution in [2.75, 3.05) is 26.2 Å². The van der Waals surface area contributed by atoms with E-state index in [0.29, 0.717) is 28.4 Å². The highest BCUT2D eigenvalue weighted by Crippen LogP contribution is 2.29. The van der Waals surface area contributed by atoms with Crippen LogP contribution in [-0.2, 0) is 10.0 Å². The number of piperidine rings is 1.